The van der Waals surface area contributed by atoms with Crippen molar-refractivity contribution in [2.75, 3.05) is 13.2 Å². The predicted molar refractivity (Wildman–Crippen MR) is 85.0 cm³/mol. The Labute approximate surface area is 136 Å². The van der Waals surface area contributed by atoms with Crippen molar-refractivity contribution in [1.82, 2.24) is 4.90 Å². The van der Waals surface area contributed by atoms with Crippen LogP contribution >= 0.6 is 11.6 Å². The van der Waals surface area contributed by atoms with Crippen LogP contribution in [0.3, 0.4) is 0 Å². The maximum absolute atomic E-state index is 12.2. The molecule has 0 aromatic heterocycles. The summed E-state index contributed by atoms with van der Waals surface area (Å²) >= 11 is 5.86. The molecule has 2 aliphatic rings. The molecule has 0 saturated carbocycles. The van der Waals surface area contributed by atoms with Gasteiger partial charge in [-0.15, -0.1) is 0 Å². The molecule has 0 radical (unpaired) electrons. The van der Waals surface area contributed by atoms with Gasteiger partial charge in [0.15, 0.2) is 0 Å². The lowest BCUT2D eigenvalue weighted by Crippen LogP contribution is -2.51. The van der Waals surface area contributed by atoms with Gasteiger partial charge in [0.2, 0.25) is 5.91 Å². The minimum atomic E-state index is -0.488. The molecule has 2 heterocycles. The Hall–Kier alpha value is -1.26. The number of hydrogen-bond acceptors (Lipinski definition) is 3. The highest BCUT2D eigenvalue weighted by atomic mass is 35.5. The number of halogens is 1. The second-order valence-electron chi connectivity index (χ2n) is 7.04. The van der Waals surface area contributed by atoms with Crippen LogP contribution in [0.4, 0.5) is 0 Å². The SMILES string of the molecule is CC(C)(C)[C@]12CCC(=O)N1C[C@@H](COc1ccc(Cl)cc1)O2. The van der Waals surface area contributed by atoms with Crippen LogP contribution in [0, 0.1) is 5.41 Å². The molecule has 3 rings (SSSR count). The number of rotatable bonds is 3. The standard InChI is InChI=1S/C17H22ClNO3/c1-16(2,3)17-9-8-15(20)19(17)10-14(22-17)11-21-13-6-4-12(18)5-7-13/h4-7,14H,8-11H2,1-3H3/t14-,17+/m0/s1. The van der Waals surface area contributed by atoms with Crippen LogP contribution in [0.15, 0.2) is 24.3 Å². The highest BCUT2D eigenvalue weighted by Gasteiger charge is 2.59. The van der Waals surface area contributed by atoms with Crippen molar-refractivity contribution >= 4 is 17.5 Å². The van der Waals surface area contributed by atoms with Crippen molar-refractivity contribution in [2.45, 2.75) is 45.4 Å². The maximum Gasteiger partial charge on any atom is 0.225 e. The lowest BCUT2D eigenvalue weighted by Gasteiger charge is -2.42. The molecule has 2 atom stereocenters. The molecule has 1 amide bonds. The van der Waals surface area contributed by atoms with E-state index in [-0.39, 0.29) is 17.4 Å². The summed E-state index contributed by atoms with van der Waals surface area (Å²) in [6, 6.07) is 7.27. The Kier molecular flexibility index (Phi) is 3.86. The molecule has 0 spiro atoms. The van der Waals surface area contributed by atoms with Crippen LogP contribution in [0.25, 0.3) is 0 Å². The van der Waals surface area contributed by atoms with Gasteiger partial charge in [0, 0.05) is 23.3 Å². The summed E-state index contributed by atoms with van der Waals surface area (Å²) < 4.78 is 12.1. The Balaban J connectivity index is 1.68. The number of carbonyl (C=O) groups excluding carboxylic acids is 1. The van der Waals surface area contributed by atoms with Crippen LogP contribution in [0.5, 0.6) is 5.75 Å². The number of benzene rings is 1. The Morgan fingerprint density at radius 1 is 1.36 bits per heavy atom. The average molecular weight is 324 g/mol. The van der Waals surface area contributed by atoms with Gasteiger partial charge in [-0.05, 0) is 24.3 Å². The molecular formula is C17H22ClNO3. The van der Waals surface area contributed by atoms with Gasteiger partial charge in [-0.3, -0.25) is 4.79 Å². The zero-order valence-corrected chi connectivity index (χ0v) is 14.0. The van der Waals surface area contributed by atoms with Crippen LogP contribution in [-0.2, 0) is 9.53 Å². The van der Waals surface area contributed by atoms with Crippen molar-refractivity contribution in [3.63, 3.8) is 0 Å². The summed E-state index contributed by atoms with van der Waals surface area (Å²) in [7, 11) is 0. The summed E-state index contributed by atoms with van der Waals surface area (Å²) in [5.41, 5.74) is -0.605. The second-order valence-corrected chi connectivity index (χ2v) is 7.48. The largest absolute Gasteiger partial charge is 0.491 e. The van der Waals surface area contributed by atoms with Gasteiger partial charge in [0.1, 0.15) is 24.2 Å². The summed E-state index contributed by atoms with van der Waals surface area (Å²) in [5, 5.41) is 0.683. The van der Waals surface area contributed by atoms with E-state index < -0.39 is 5.72 Å². The fourth-order valence-electron chi connectivity index (χ4n) is 3.40. The molecule has 2 fully saturated rings. The van der Waals surface area contributed by atoms with Crippen molar-refractivity contribution in [2.24, 2.45) is 5.41 Å². The first kappa shape index (κ1) is 15.6. The molecule has 4 nitrogen and oxygen atoms in total. The molecule has 1 aromatic rings. The van der Waals surface area contributed by atoms with E-state index in [4.69, 9.17) is 21.1 Å². The molecule has 0 N–H and O–H groups in total. The Bertz CT molecular complexity index is 566. The number of fused-ring (bicyclic) bond motifs is 1. The van der Waals surface area contributed by atoms with Gasteiger partial charge in [0.05, 0.1) is 6.54 Å². The van der Waals surface area contributed by atoms with E-state index >= 15 is 0 Å². The van der Waals surface area contributed by atoms with Crippen molar-refractivity contribution in [1.29, 1.82) is 0 Å². The molecule has 120 valence electrons. The third-order valence-electron chi connectivity index (χ3n) is 4.58. The van der Waals surface area contributed by atoms with Crippen LogP contribution in [-0.4, -0.2) is 35.8 Å². The molecule has 0 unspecified atom stereocenters. The van der Waals surface area contributed by atoms with Gasteiger partial charge >= 0.3 is 0 Å². The van der Waals surface area contributed by atoms with Crippen LogP contribution < -0.4 is 4.74 Å². The minimum absolute atomic E-state index is 0.0980. The quantitative estimate of drug-likeness (QED) is 0.854. The van der Waals surface area contributed by atoms with Crippen LogP contribution in [0.2, 0.25) is 5.02 Å². The third kappa shape index (κ3) is 2.59. The van der Waals surface area contributed by atoms with E-state index in [1.807, 2.05) is 17.0 Å². The average Bonchev–Trinajstić information content (AvgIpc) is 2.97. The molecule has 0 bridgehead atoms. The smallest absolute Gasteiger partial charge is 0.225 e. The van der Waals surface area contributed by atoms with E-state index in [2.05, 4.69) is 20.8 Å². The molecule has 2 saturated heterocycles. The first-order valence-electron chi connectivity index (χ1n) is 7.68. The molecule has 5 heteroatoms. The fraction of sp³-hybridized carbons (Fsp3) is 0.588. The van der Waals surface area contributed by atoms with E-state index in [0.29, 0.717) is 24.6 Å². The lowest BCUT2D eigenvalue weighted by atomic mass is 9.81. The lowest BCUT2D eigenvalue weighted by molar-refractivity contribution is -0.168. The number of ether oxygens (including phenoxy) is 2. The normalized spacial score (nSPS) is 28.1. The number of hydrogen-bond donors (Lipinski definition) is 0. The summed E-state index contributed by atoms with van der Waals surface area (Å²) in [4.78, 5) is 14.1. The maximum atomic E-state index is 12.2. The third-order valence-corrected chi connectivity index (χ3v) is 4.84. The zero-order valence-electron chi connectivity index (χ0n) is 13.3. The van der Waals surface area contributed by atoms with Gasteiger partial charge in [-0.1, -0.05) is 32.4 Å². The summed E-state index contributed by atoms with van der Waals surface area (Å²) in [6.45, 7) is 7.41. The monoisotopic (exact) mass is 323 g/mol. The first-order chi connectivity index (χ1) is 10.3. The van der Waals surface area contributed by atoms with Gasteiger partial charge < -0.3 is 14.4 Å². The van der Waals surface area contributed by atoms with E-state index in [1.165, 1.54) is 0 Å². The Morgan fingerprint density at radius 3 is 2.64 bits per heavy atom. The summed E-state index contributed by atoms with van der Waals surface area (Å²) in [6.07, 6.45) is 1.23. The minimum Gasteiger partial charge on any atom is -0.491 e. The molecule has 0 aliphatic carbocycles. The summed E-state index contributed by atoms with van der Waals surface area (Å²) in [5.74, 6) is 0.945. The molecule has 1 aromatic carbocycles. The fourth-order valence-corrected chi connectivity index (χ4v) is 3.53. The molecule has 22 heavy (non-hydrogen) atoms. The van der Waals surface area contributed by atoms with Crippen molar-refractivity contribution < 1.29 is 14.3 Å². The van der Waals surface area contributed by atoms with E-state index in [0.717, 1.165) is 12.2 Å². The van der Waals surface area contributed by atoms with Gasteiger partial charge in [-0.25, -0.2) is 0 Å². The number of carbonyl (C=O) groups is 1. The number of nitrogens with zero attached hydrogens (tertiary/aromatic N) is 1. The topological polar surface area (TPSA) is 38.8 Å². The molecule has 2 aliphatic heterocycles. The van der Waals surface area contributed by atoms with Crippen LogP contribution in [0.1, 0.15) is 33.6 Å². The van der Waals surface area contributed by atoms with E-state index in [9.17, 15) is 4.79 Å². The Morgan fingerprint density at radius 2 is 2.05 bits per heavy atom. The zero-order chi connectivity index (χ0) is 16.0. The van der Waals surface area contributed by atoms with Gasteiger partial charge in [-0.2, -0.15) is 0 Å². The second kappa shape index (κ2) is 5.43. The highest BCUT2D eigenvalue weighted by Crippen LogP contribution is 2.49. The highest BCUT2D eigenvalue weighted by molar-refractivity contribution is 6.30. The molecular weight excluding hydrogens is 302 g/mol. The first-order valence-corrected chi connectivity index (χ1v) is 8.06. The van der Waals surface area contributed by atoms with Crippen molar-refractivity contribution in [3.05, 3.63) is 29.3 Å². The van der Waals surface area contributed by atoms with E-state index in [1.54, 1.807) is 12.1 Å². The van der Waals surface area contributed by atoms with Crippen molar-refractivity contribution in [3.8, 4) is 5.75 Å². The number of amides is 1. The van der Waals surface area contributed by atoms with Gasteiger partial charge in [0.25, 0.3) is 0 Å². The predicted octanol–water partition coefficient (Wildman–Crippen LogP) is 3.48.